The van der Waals surface area contributed by atoms with Crippen molar-refractivity contribution in [2.45, 2.75) is 51.9 Å². The molecule has 4 heteroatoms. The molecule has 22 heavy (non-hydrogen) atoms. The summed E-state index contributed by atoms with van der Waals surface area (Å²) in [6.07, 6.45) is 10.1. The Bertz CT molecular complexity index is 686. The summed E-state index contributed by atoms with van der Waals surface area (Å²) in [5.74, 6) is 0.675. The zero-order chi connectivity index (χ0) is 15.4. The summed E-state index contributed by atoms with van der Waals surface area (Å²) in [4.78, 5) is 17.1. The molecule has 2 aromatic heterocycles. The number of fused-ring (bicyclic) bond motifs is 1. The molecule has 1 saturated carbocycles. The fraction of sp³-hybridized carbons (Fsp3) is 0.556. The van der Waals surface area contributed by atoms with Crippen molar-refractivity contribution < 1.29 is 0 Å². The van der Waals surface area contributed by atoms with Crippen LogP contribution >= 0.6 is 0 Å². The fourth-order valence-corrected chi connectivity index (χ4v) is 3.40. The second-order valence-electron chi connectivity index (χ2n) is 6.34. The van der Waals surface area contributed by atoms with Crippen LogP contribution in [0.2, 0.25) is 0 Å². The molecule has 0 amide bonds. The number of nitrogens with zero attached hydrogens (tertiary/aromatic N) is 2. The molecule has 118 valence electrons. The monoisotopic (exact) mass is 299 g/mol. The van der Waals surface area contributed by atoms with Crippen molar-refractivity contribution in [3.63, 3.8) is 0 Å². The molecule has 4 nitrogen and oxygen atoms in total. The Kier molecular flexibility index (Phi) is 4.76. The van der Waals surface area contributed by atoms with Gasteiger partial charge in [0.1, 0.15) is 0 Å². The molecular weight excluding hydrogens is 274 g/mol. The average Bonchev–Trinajstić information content (AvgIpc) is 2.56. The molecule has 2 heterocycles. The van der Waals surface area contributed by atoms with E-state index in [0.29, 0.717) is 5.92 Å². The first kappa shape index (κ1) is 15.1. The van der Waals surface area contributed by atoms with Crippen LogP contribution in [0.5, 0.6) is 0 Å². The van der Waals surface area contributed by atoms with E-state index in [2.05, 4.69) is 17.3 Å². The van der Waals surface area contributed by atoms with Gasteiger partial charge in [0.15, 0.2) is 5.65 Å². The second kappa shape index (κ2) is 6.95. The number of hydrogen-bond donors (Lipinski definition) is 1. The first-order chi connectivity index (χ1) is 10.8. The third kappa shape index (κ3) is 3.16. The highest BCUT2D eigenvalue weighted by Crippen LogP contribution is 2.23. The zero-order valence-electron chi connectivity index (χ0n) is 13.3. The molecule has 1 aliphatic carbocycles. The Balaban J connectivity index is 1.91. The second-order valence-corrected chi connectivity index (χ2v) is 6.34. The largest absolute Gasteiger partial charge is 0.321 e. The molecule has 0 bridgehead atoms. The molecule has 2 aromatic rings. The molecule has 1 N–H and O–H groups in total. The van der Waals surface area contributed by atoms with Gasteiger partial charge >= 0.3 is 0 Å². The number of hydrogen-bond acceptors (Lipinski definition) is 3. The third-order valence-electron chi connectivity index (χ3n) is 4.62. The topological polar surface area (TPSA) is 46.9 Å². The van der Waals surface area contributed by atoms with Crippen molar-refractivity contribution >= 4 is 11.0 Å². The molecule has 0 atom stereocenters. The number of aryl methyl sites for hydroxylation is 1. The van der Waals surface area contributed by atoms with Gasteiger partial charge < -0.3 is 5.43 Å². The summed E-state index contributed by atoms with van der Waals surface area (Å²) in [5, 5.41) is 1.03. The van der Waals surface area contributed by atoms with E-state index in [4.69, 9.17) is 0 Å². The molecule has 0 radical (unpaired) electrons. The van der Waals surface area contributed by atoms with Gasteiger partial charge in [-0.25, -0.2) is 9.66 Å². The van der Waals surface area contributed by atoms with E-state index in [0.717, 1.165) is 36.0 Å². The van der Waals surface area contributed by atoms with E-state index in [9.17, 15) is 4.79 Å². The summed E-state index contributed by atoms with van der Waals surface area (Å²) in [6.45, 7) is 2.97. The van der Waals surface area contributed by atoms with Crippen molar-refractivity contribution in [1.82, 2.24) is 9.66 Å². The van der Waals surface area contributed by atoms with Crippen LogP contribution in [0, 0.1) is 5.92 Å². The van der Waals surface area contributed by atoms with Crippen LogP contribution in [0.1, 0.15) is 51.0 Å². The number of nitrogens with one attached hydrogen (secondary N) is 1. The molecule has 1 aliphatic rings. The lowest BCUT2D eigenvalue weighted by atomic mass is 9.89. The lowest BCUT2D eigenvalue weighted by Crippen LogP contribution is -2.35. The van der Waals surface area contributed by atoms with Crippen LogP contribution in [0.25, 0.3) is 11.0 Å². The summed E-state index contributed by atoms with van der Waals surface area (Å²) in [5.41, 5.74) is 5.04. The molecule has 0 unspecified atom stereocenters. The van der Waals surface area contributed by atoms with Gasteiger partial charge in [0, 0.05) is 23.7 Å². The SMILES string of the molecule is CCCc1cc2cccnc2n(NCC2CCCCC2)c1=O. The molecule has 0 spiro atoms. The normalized spacial score (nSPS) is 16.0. The van der Waals surface area contributed by atoms with Crippen molar-refractivity contribution in [2.24, 2.45) is 5.92 Å². The molecule has 3 rings (SSSR count). The summed E-state index contributed by atoms with van der Waals surface area (Å²) in [6, 6.07) is 5.95. The van der Waals surface area contributed by atoms with Crippen LogP contribution in [-0.2, 0) is 6.42 Å². The predicted molar refractivity (Wildman–Crippen MR) is 90.8 cm³/mol. The van der Waals surface area contributed by atoms with Gasteiger partial charge in [-0.2, -0.15) is 0 Å². The lowest BCUT2D eigenvalue weighted by molar-refractivity contribution is 0.366. The summed E-state index contributed by atoms with van der Waals surface area (Å²) >= 11 is 0. The van der Waals surface area contributed by atoms with Crippen molar-refractivity contribution in [3.05, 3.63) is 40.3 Å². The standard InChI is InChI=1S/C18H25N3O/c1-2-7-16-12-15-10-6-11-19-17(15)21(18(16)22)20-13-14-8-4-3-5-9-14/h6,10-12,14,20H,2-5,7-9,13H2,1H3. The highest BCUT2D eigenvalue weighted by atomic mass is 16.1. The summed E-state index contributed by atoms with van der Waals surface area (Å²) < 4.78 is 1.68. The number of aromatic nitrogens is 2. The van der Waals surface area contributed by atoms with Gasteiger partial charge in [0.25, 0.3) is 5.56 Å². The van der Waals surface area contributed by atoms with Gasteiger partial charge in [0.2, 0.25) is 0 Å². The predicted octanol–water partition coefficient (Wildman–Crippen LogP) is 3.47. The first-order valence-electron chi connectivity index (χ1n) is 8.53. The minimum atomic E-state index is 0.0591. The van der Waals surface area contributed by atoms with E-state index in [1.165, 1.54) is 32.1 Å². The number of rotatable bonds is 5. The van der Waals surface area contributed by atoms with E-state index >= 15 is 0 Å². The Morgan fingerprint density at radius 1 is 1.32 bits per heavy atom. The Morgan fingerprint density at radius 3 is 2.91 bits per heavy atom. The van der Waals surface area contributed by atoms with Crippen molar-refractivity contribution in [2.75, 3.05) is 12.0 Å². The maximum Gasteiger partial charge on any atom is 0.274 e. The van der Waals surface area contributed by atoms with E-state index in [1.54, 1.807) is 10.9 Å². The van der Waals surface area contributed by atoms with Crippen LogP contribution in [-0.4, -0.2) is 16.2 Å². The third-order valence-corrected chi connectivity index (χ3v) is 4.62. The molecule has 0 saturated heterocycles. The molecular formula is C18H25N3O. The lowest BCUT2D eigenvalue weighted by Gasteiger charge is -2.23. The van der Waals surface area contributed by atoms with Crippen LogP contribution in [0.3, 0.4) is 0 Å². The van der Waals surface area contributed by atoms with Crippen molar-refractivity contribution in [3.8, 4) is 0 Å². The Labute approximate surface area is 131 Å². The smallest absolute Gasteiger partial charge is 0.274 e. The van der Waals surface area contributed by atoms with E-state index in [-0.39, 0.29) is 5.56 Å². The highest BCUT2D eigenvalue weighted by Gasteiger charge is 2.15. The fourth-order valence-electron chi connectivity index (χ4n) is 3.40. The zero-order valence-corrected chi connectivity index (χ0v) is 13.3. The maximum absolute atomic E-state index is 12.7. The Hall–Kier alpha value is -1.84. The van der Waals surface area contributed by atoms with Crippen LogP contribution in [0.4, 0.5) is 0 Å². The van der Waals surface area contributed by atoms with Crippen LogP contribution in [0.15, 0.2) is 29.2 Å². The molecule has 1 fully saturated rings. The highest BCUT2D eigenvalue weighted by molar-refractivity contribution is 5.75. The Morgan fingerprint density at radius 2 is 2.14 bits per heavy atom. The van der Waals surface area contributed by atoms with Gasteiger partial charge in [-0.05, 0) is 43.4 Å². The minimum Gasteiger partial charge on any atom is -0.321 e. The van der Waals surface area contributed by atoms with Crippen LogP contribution < -0.4 is 11.0 Å². The van der Waals surface area contributed by atoms with E-state index in [1.807, 2.05) is 18.2 Å². The van der Waals surface area contributed by atoms with Gasteiger partial charge in [-0.3, -0.25) is 4.79 Å². The summed E-state index contributed by atoms with van der Waals surface area (Å²) in [7, 11) is 0. The van der Waals surface area contributed by atoms with E-state index < -0.39 is 0 Å². The quantitative estimate of drug-likeness (QED) is 0.919. The minimum absolute atomic E-state index is 0.0591. The van der Waals surface area contributed by atoms with Gasteiger partial charge in [-0.1, -0.05) is 32.6 Å². The molecule has 0 aliphatic heterocycles. The first-order valence-corrected chi connectivity index (χ1v) is 8.53. The van der Waals surface area contributed by atoms with Crippen molar-refractivity contribution in [1.29, 1.82) is 0 Å². The number of pyridine rings is 2. The maximum atomic E-state index is 12.7. The molecule has 0 aromatic carbocycles. The van der Waals surface area contributed by atoms with Gasteiger partial charge in [-0.15, -0.1) is 0 Å². The average molecular weight is 299 g/mol. The van der Waals surface area contributed by atoms with Gasteiger partial charge in [0.05, 0.1) is 0 Å².